The van der Waals surface area contributed by atoms with Gasteiger partial charge in [0.1, 0.15) is 0 Å². The highest BCUT2D eigenvalue weighted by Gasteiger charge is 2.49. The van der Waals surface area contributed by atoms with Crippen molar-refractivity contribution >= 4 is 17.2 Å². The Labute approximate surface area is 99.2 Å². The van der Waals surface area contributed by atoms with Crippen molar-refractivity contribution in [1.82, 2.24) is 4.90 Å². The lowest BCUT2D eigenvalue weighted by molar-refractivity contribution is -0.136. The fourth-order valence-corrected chi connectivity index (χ4v) is 3.38. The van der Waals surface area contributed by atoms with Crippen molar-refractivity contribution in [2.24, 2.45) is 5.73 Å². The highest BCUT2D eigenvalue weighted by molar-refractivity contribution is 7.10. The zero-order chi connectivity index (χ0) is 11.3. The van der Waals surface area contributed by atoms with Crippen LogP contribution in [0.15, 0.2) is 11.4 Å². The van der Waals surface area contributed by atoms with Crippen LogP contribution in [0.5, 0.6) is 0 Å². The first-order valence-corrected chi connectivity index (χ1v) is 6.66. The van der Waals surface area contributed by atoms with Gasteiger partial charge < -0.3 is 10.6 Å². The summed E-state index contributed by atoms with van der Waals surface area (Å²) >= 11 is 1.80. The Morgan fingerprint density at radius 2 is 2.38 bits per heavy atom. The van der Waals surface area contributed by atoms with Gasteiger partial charge >= 0.3 is 0 Å². The lowest BCUT2D eigenvalue weighted by Crippen LogP contribution is -2.48. The standard InChI is InChI=1S/C12H16N2OS/c1-8-9-3-7-16-10(9)2-6-14(8)11(15)12(13)4-5-12/h3,7-8H,2,4-6,13H2,1H3. The number of carbonyl (C=O) groups excluding carboxylic acids is 1. The number of hydrogen-bond acceptors (Lipinski definition) is 3. The molecule has 86 valence electrons. The molecule has 0 spiro atoms. The van der Waals surface area contributed by atoms with Gasteiger partial charge in [-0.15, -0.1) is 11.3 Å². The van der Waals surface area contributed by atoms with Crippen LogP contribution in [0.3, 0.4) is 0 Å². The van der Waals surface area contributed by atoms with Crippen LogP contribution in [-0.2, 0) is 11.2 Å². The molecule has 1 aromatic heterocycles. The minimum Gasteiger partial charge on any atom is -0.334 e. The molecule has 1 aromatic rings. The van der Waals surface area contributed by atoms with E-state index < -0.39 is 5.54 Å². The highest BCUT2D eigenvalue weighted by Crippen LogP contribution is 2.39. The van der Waals surface area contributed by atoms with Gasteiger partial charge in [-0.1, -0.05) is 0 Å². The molecule has 1 atom stereocenters. The lowest BCUT2D eigenvalue weighted by atomic mass is 10.0. The monoisotopic (exact) mass is 236 g/mol. The van der Waals surface area contributed by atoms with Crippen molar-refractivity contribution in [3.05, 3.63) is 21.9 Å². The molecule has 3 rings (SSSR count). The Morgan fingerprint density at radius 3 is 3.06 bits per heavy atom. The summed E-state index contributed by atoms with van der Waals surface area (Å²) in [4.78, 5) is 15.6. The number of thiophene rings is 1. The summed E-state index contributed by atoms with van der Waals surface area (Å²) in [5, 5.41) is 2.12. The quantitative estimate of drug-likeness (QED) is 0.806. The van der Waals surface area contributed by atoms with Gasteiger partial charge in [0.2, 0.25) is 5.91 Å². The first kappa shape index (κ1) is 10.3. The molecule has 0 radical (unpaired) electrons. The second-order valence-electron chi connectivity index (χ2n) is 4.88. The van der Waals surface area contributed by atoms with Gasteiger partial charge in [0, 0.05) is 11.4 Å². The van der Waals surface area contributed by atoms with Crippen LogP contribution < -0.4 is 5.73 Å². The molecule has 0 saturated heterocycles. The van der Waals surface area contributed by atoms with Crippen molar-refractivity contribution in [3.63, 3.8) is 0 Å². The van der Waals surface area contributed by atoms with Gasteiger partial charge in [-0.05, 0) is 43.2 Å². The minimum absolute atomic E-state index is 0.150. The minimum atomic E-state index is -0.526. The maximum Gasteiger partial charge on any atom is 0.243 e. The fourth-order valence-electron chi connectivity index (χ4n) is 2.42. The van der Waals surface area contributed by atoms with Crippen LogP contribution in [0.25, 0.3) is 0 Å². The molecular weight excluding hydrogens is 220 g/mol. The molecule has 1 fully saturated rings. The zero-order valence-corrected chi connectivity index (χ0v) is 10.2. The van der Waals surface area contributed by atoms with E-state index >= 15 is 0 Å². The van der Waals surface area contributed by atoms with Crippen molar-refractivity contribution < 1.29 is 4.79 Å². The Balaban J connectivity index is 1.87. The fraction of sp³-hybridized carbons (Fsp3) is 0.583. The third-order valence-electron chi connectivity index (χ3n) is 3.75. The number of amides is 1. The molecule has 0 bridgehead atoms. The maximum absolute atomic E-state index is 12.2. The second-order valence-corrected chi connectivity index (χ2v) is 5.88. The molecule has 3 nitrogen and oxygen atoms in total. The van der Waals surface area contributed by atoms with Gasteiger partial charge in [0.15, 0.2) is 0 Å². The summed E-state index contributed by atoms with van der Waals surface area (Å²) in [6.07, 6.45) is 2.69. The summed E-state index contributed by atoms with van der Waals surface area (Å²) in [7, 11) is 0. The molecular formula is C12H16N2OS. The first-order chi connectivity index (χ1) is 7.62. The average Bonchev–Trinajstić information content (AvgIpc) is 2.84. The number of nitrogens with zero attached hydrogens (tertiary/aromatic N) is 1. The van der Waals surface area contributed by atoms with E-state index in [1.54, 1.807) is 11.3 Å². The van der Waals surface area contributed by atoms with Crippen molar-refractivity contribution in [2.45, 2.75) is 37.8 Å². The number of carbonyl (C=O) groups is 1. The van der Waals surface area contributed by atoms with Gasteiger partial charge in [0.25, 0.3) is 0 Å². The van der Waals surface area contributed by atoms with E-state index in [-0.39, 0.29) is 11.9 Å². The van der Waals surface area contributed by atoms with E-state index in [0.717, 1.165) is 25.8 Å². The van der Waals surface area contributed by atoms with Gasteiger partial charge in [-0.25, -0.2) is 0 Å². The summed E-state index contributed by atoms with van der Waals surface area (Å²) in [6.45, 7) is 2.93. The smallest absolute Gasteiger partial charge is 0.243 e. The summed E-state index contributed by atoms with van der Waals surface area (Å²) < 4.78 is 0. The van der Waals surface area contributed by atoms with E-state index in [4.69, 9.17) is 5.73 Å². The maximum atomic E-state index is 12.2. The number of fused-ring (bicyclic) bond motifs is 1. The van der Waals surface area contributed by atoms with Crippen LogP contribution in [-0.4, -0.2) is 22.9 Å². The summed E-state index contributed by atoms with van der Waals surface area (Å²) in [6, 6.07) is 2.34. The molecule has 2 N–H and O–H groups in total. The van der Waals surface area contributed by atoms with E-state index in [1.807, 2.05) is 4.90 Å². The molecule has 1 aliphatic carbocycles. The molecule has 16 heavy (non-hydrogen) atoms. The third kappa shape index (κ3) is 1.40. The Kier molecular flexibility index (Phi) is 2.13. The Bertz CT molecular complexity index is 436. The molecule has 1 unspecified atom stereocenters. The summed E-state index contributed by atoms with van der Waals surface area (Å²) in [5.41, 5.74) is 6.78. The van der Waals surface area contributed by atoms with E-state index in [2.05, 4.69) is 18.4 Å². The predicted octanol–water partition coefficient (Wildman–Crippen LogP) is 1.69. The van der Waals surface area contributed by atoms with Crippen LogP contribution in [0.1, 0.15) is 36.2 Å². The summed E-state index contributed by atoms with van der Waals surface area (Å²) in [5.74, 6) is 0.150. The average molecular weight is 236 g/mol. The van der Waals surface area contributed by atoms with Crippen LogP contribution >= 0.6 is 11.3 Å². The molecule has 0 aromatic carbocycles. The van der Waals surface area contributed by atoms with Crippen LogP contribution in [0.4, 0.5) is 0 Å². The Hall–Kier alpha value is -0.870. The number of rotatable bonds is 1. The predicted molar refractivity (Wildman–Crippen MR) is 64.3 cm³/mol. The molecule has 1 amide bonds. The van der Waals surface area contributed by atoms with Gasteiger partial charge in [-0.3, -0.25) is 4.79 Å². The topological polar surface area (TPSA) is 46.3 Å². The van der Waals surface area contributed by atoms with Crippen molar-refractivity contribution in [3.8, 4) is 0 Å². The van der Waals surface area contributed by atoms with Crippen LogP contribution in [0.2, 0.25) is 0 Å². The normalized spacial score (nSPS) is 26.4. The SMILES string of the molecule is CC1c2ccsc2CCN1C(=O)C1(N)CC1. The number of hydrogen-bond donors (Lipinski definition) is 1. The van der Waals surface area contributed by atoms with Gasteiger partial charge in [0.05, 0.1) is 11.6 Å². The van der Waals surface area contributed by atoms with Crippen LogP contribution in [0, 0.1) is 0 Å². The van der Waals surface area contributed by atoms with E-state index in [9.17, 15) is 4.79 Å². The molecule has 2 heterocycles. The molecule has 1 saturated carbocycles. The molecule has 2 aliphatic rings. The highest BCUT2D eigenvalue weighted by atomic mass is 32.1. The first-order valence-electron chi connectivity index (χ1n) is 5.78. The van der Waals surface area contributed by atoms with E-state index in [1.165, 1.54) is 10.4 Å². The van der Waals surface area contributed by atoms with Gasteiger partial charge in [-0.2, -0.15) is 0 Å². The number of nitrogens with two attached hydrogens (primary N) is 1. The largest absolute Gasteiger partial charge is 0.334 e. The lowest BCUT2D eigenvalue weighted by Gasteiger charge is -2.35. The molecule has 1 aliphatic heterocycles. The van der Waals surface area contributed by atoms with Crippen molar-refractivity contribution in [2.75, 3.05) is 6.54 Å². The zero-order valence-electron chi connectivity index (χ0n) is 9.40. The second kappa shape index (κ2) is 3.31. The van der Waals surface area contributed by atoms with Crippen molar-refractivity contribution in [1.29, 1.82) is 0 Å². The van der Waals surface area contributed by atoms with E-state index in [0.29, 0.717) is 0 Å². The Morgan fingerprint density at radius 1 is 1.62 bits per heavy atom. The molecule has 4 heteroatoms. The third-order valence-corrected chi connectivity index (χ3v) is 4.75.